The minimum atomic E-state index is -5.38. The Hall–Kier alpha value is -2.05. The molecule has 0 aliphatic carbocycles. The van der Waals surface area contributed by atoms with Crippen molar-refractivity contribution in [1.29, 1.82) is 0 Å². The predicted molar refractivity (Wildman–Crippen MR) is 82.2 cm³/mol. The largest absolute Gasteiger partial charge is 0.573 e. The number of hydrogen-bond acceptors (Lipinski definition) is 4. The Kier molecular flexibility index (Phi) is 7.91. The van der Waals surface area contributed by atoms with E-state index in [4.69, 9.17) is 5.73 Å². The molecule has 0 saturated heterocycles. The van der Waals surface area contributed by atoms with Gasteiger partial charge in [-0.3, -0.25) is 0 Å². The zero-order chi connectivity index (χ0) is 22.6. The van der Waals surface area contributed by atoms with Crippen LogP contribution in [0.2, 0.25) is 0 Å². The fourth-order valence-corrected chi connectivity index (χ4v) is 2.64. The first kappa shape index (κ1) is 25.0. The van der Waals surface area contributed by atoms with E-state index in [-0.39, 0.29) is 24.6 Å². The number of benzene rings is 1. The lowest BCUT2D eigenvalue weighted by Gasteiger charge is -2.23. The van der Waals surface area contributed by atoms with Gasteiger partial charge in [0.2, 0.25) is 0 Å². The molecule has 0 saturated carbocycles. The summed E-state index contributed by atoms with van der Waals surface area (Å²) in [7, 11) is 0. The molecule has 168 valence electrons. The van der Waals surface area contributed by atoms with Crippen molar-refractivity contribution in [1.82, 2.24) is 0 Å². The Morgan fingerprint density at radius 2 is 1.17 bits per heavy atom. The van der Waals surface area contributed by atoms with Gasteiger partial charge in [0.25, 0.3) is 0 Å². The van der Waals surface area contributed by atoms with E-state index in [1.807, 2.05) is 0 Å². The highest BCUT2D eigenvalue weighted by Gasteiger charge is 2.38. The second-order valence-electron chi connectivity index (χ2n) is 6.43. The molecule has 29 heavy (non-hydrogen) atoms. The summed E-state index contributed by atoms with van der Waals surface area (Å²) >= 11 is 0. The number of rotatable bonds is 8. The third kappa shape index (κ3) is 9.81. The van der Waals surface area contributed by atoms with Crippen molar-refractivity contribution in [2.75, 3.05) is 6.54 Å². The maximum absolute atomic E-state index is 12.7. The molecular formula is C16H18F9NO3. The van der Waals surface area contributed by atoms with Crippen molar-refractivity contribution in [3.63, 3.8) is 0 Å². The van der Waals surface area contributed by atoms with Crippen LogP contribution in [0, 0.1) is 11.8 Å². The number of ether oxygens (including phenoxy) is 3. The molecule has 2 atom stereocenters. The van der Waals surface area contributed by atoms with E-state index in [0.717, 1.165) is 0 Å². The summed E-state index contributed by atoms with van der Waals surface area (Å²) in [5, 5.41) is 0. The van der Waals surface area contributed by atoms with Crippen LogP contribution in [0.25, 0.3) is 0 Å². The van der Waals surface area contributed by atoms with Crippen LogP contribution >= 0.6 is 0 Å². The molecule has 1 aromatic carbocycles. The quantitative estimate of drug-likeness (QED) is 0.536. The minimum Gasteiger partial charge on any atom is -0.406 e. The second kappa shape index (κ2) is 9.18. The van der Waals surface area contributed by atoms with Crippen molar-refractivity contribution >= 4 is 0 Å². The molecule has 0 amide bonds. The smallest absolute Gasteiger partial charge is 0.406 e. The first-order chi connectivity index (χ1) is 13.0. The van der Waals surface area contributed by atoms with Gasteiger partial charge in [0.1, 0.15) is 17.2 Å². The van der Waals surface area contributed by atoms with Crippen LogP contribution in [0.3, 0.4) is 0 Å². The van der Waals surface area contributed by atoms with E-state index < -0.39 is 54.2 Å². The molecule has 0 aromatic heterocycles. The van der Waals surface area contributed by atoms with E-state index >= 15 is 0 Å². The molecule has 1 aromatic rings. The monoisotopic (exact) mass is 443 g/mol. The SMILES string of the molecule is CC(CN)CC(C)Cc1c(OC(F)(F)F)cc(OC(F)(F)F)cc1OC(F)(F)F. The Morgan fingerprint density at radius 3 is 1.52 bits per heavy atom. The Balaban J connectivity index is 3.47. The van der Waals surface area contributed by atoms with Gasteiger partial charge in [-0.15, -0.1) is 39.5 Å². The minimum absolute atomic E-state index is 0.100. The molecular weight excluding hydrogens is 425 g/mol. The average Bonchev–Trinajstić information content (AvgIpc) is 2.45. The lowest BCUT2D eigenvalue weighted by Crippen LogP contribution is -2.23. The van der Waals surface area contributed by atoms with Crippen LogP contribution in [0.5, 0.6) is 17.2 Å². The molecule has 0 spiro atoms. The Labute approximate surface area is 159 Å². The van der Waals surface area contributed by atoms with Crippen LogP contribution < -0.4 is 19.9 Å². The molecule has 1 rings (SSSR count). The molecule has 4 nitrogen and oxygen atoms in total. The number of hydrogen-bond donors (Lipinski definition) is 1. The van der Waals surface area contributed by atoms with Gasteiger partial charge in [0, 0.05) is 17.7 Å². The molecule has 0 fully saturated rings. The van der Waals surface area contributed by atoms with Crippen LogP contribution in [0.1, 0.15) is 25.8 Å². The first-order valence-electron chi connectivity index (χ1n) is 8.13. The fourth-order valence-electron chi connectivity index (χ4n) is 2.64. The van der Waals surface area contributed by atoms with Gasteiger partial charge in [0.15, 0.2) is 0 Å². The first-order valence-corrected chi connectivity index (χ1v) is 8.13. The molecule has 2 N–H and O–H groups in total. The van der Waals surface area contributed by atoms with Gasteiger partial charge in [-0.1, -0.05) is 13.8 Å². The summed E-state index contributed by atoms with van der Waals surface area (Å²) < 4.78 is 124. The topological polar surface area (TPSA) is 53.7 Å². The standard InChI is InChI=1S/C16H18F9NO3/c1-8(3-9(2)7-26)4-11-12(28-15(20,21)22)5-10(27-14(17,18)19)6-13(11)29-16(23,24)25/h5-6,8-9H,3-4,7,26H2,1-2H3. The van der Waals surface area contributed by atoms with E-state index in [1.165, 1.54) is 6.92 Å². The zero-order valence-electron chi connectivity index (χ0n) is 15.1. The summed E-state index contributed by atoms with van der Waals surface area (Å²) in [6.45, 7) is 3.47. The second-order valence-corrected chi connectivity index (χ2v) is 6.43. The van der Waals surface area contributed by atoms with E-state index in [2.05, 4.69) is 14.2 Å². The molecule has 0 aliphatic heterocycles. The lowest BCUT2D eigenvalue weighted by atomic mass is 9.91. The molecule has 0 bridgehead atoms. The van der Waals surface area contributed by atoms with E-state index in [0.29, 0.717) is 6.42 Å². The lowest BCUT2D eigenvalue weighted by molar-refractivity contribution is -0.278. The van der Waals surface area contributed by atoms with Crippen LogP contribution in [-0.4, -0.2) is 25.6 Å². The normalized spacial score (nSPS) is 15.0. The van der Waals surface area contributed by atoms with Gasteiger partial charge in [-0.25, -0.2) is 0 Å². The van der Waals surface area contributed by atoms with Gasteiger partial charge < -0.3 is 19.9 Å². The maximum Gasteiger partial charge on any atom is 0.573 e. The van der Waals surface area contributed by atoms with E-state index in [1.54, 1.807) is 6.92 Å². The summed E-state index contributed by atoms with van der Waals surface area (Å²) in [5.74, 6) is -4.52. The number of halogens is 9. The summed E-state index contributed by atoms with van der Waals surface area (Å²) in [5.41, 5.74) is 4.75. The highest BCUT2D eigenvalue weighted by atomic mass is 19.4. The predicted octanol–water partition coefficient (Wildman–Crippen LogP) is 5.55. The van der Waals surface area contributed by atoms with Crippen molar-refractivity contribution < 1.29 is 53.7 Å². The van der Waals surface area contributed by atoms with Crippen molar-refractivity contribution in [3.05, 3.63) is 17.7 Å². The van der Waals surface area contributed by atoms with Crippen molar-refractivity contribution in [2.24, 2.45) is 17.6 Å². The Bertz CT molecular complexity index is 634. The van der Waals surface area contributed by atoms with Gasteiger partial charge in [-0.05, 0) is 31.2 Å². The average molecular weight is 443 g/mol. The molecule has 0 aliphatic rings. The zero-order valence-corrected chi connectivity index (χ0v) is 15.1. The van der Waals surface area contributed by atoms with Crippen molar-refractivity contribution in [2.45, 2.75) is 45.8 Å². The number of nitrogens with two attached hydrogens (primary N) is 1. The van der Waals surface area contributed by atoms with Crippen molar-refractivity contribution in [3.8, 4) is 17.2 Å². The molecule has 2 unspecified atom stereocenters. The van der Waals surface area contributed by atoms with Crippen LogP contribution in [0.4, 0.5) is 39.5 Å². The summed E-state index contributed by atoms with van der Waals surface area (Å²) in [4.78, 5) is 0. The third-order valence-electron chi connectivity index (χ3n) is 3.59. The van der Waals surface area contributed by atoms with E-state index in [9.17, 15) is 39.5 Å². The van der Waals surface area contributed by atoms with Gasteiger partial charge >= 0.3 is 19.1 Å². The van der Waals surface area contributed by atoms with Gasteiger partial charge in [-0.2, -0.15) is 0 Å². The van der Waals surface area contributed by atoms with Gasteiger partial charge in [0.05, 0.1) is 0 Å². The molecule has 0 radical (unpaired) electrons. The molecule has 13 heteroatoms. The number of alkyl halides is 9. The highest BCUT2D eigenvalue weighted by Crippen LogP contribution is 2.42. The highest BCUT2D eigenvalue weighted by molar-refractivity contribution is 5.51. The van der Waals surface area contributed by atoms with Crippen LogP contribution in [0.15, 0.2) is 12.1 Å². The van der Waals surface area contributed by atoms with Crippen LogP contribution in [-0.2, 0) is 6.42 Å². The maximum atomic E-state index is 12.7. The third-order valence-corrected chi connectivity index (χ3v) is 3.59. The fraction of sp³-hybridized carbons (Fsp3) is 0.625. The summed E-state index contributed by atoms with van der Waals surface area (Å²) in [6, 6.07) is 0.414. The Morgan fingerprint density at radius 1 is 0.759 bits per heavy atom. The molecule has 0 heterocycles. The summed E-state index contributed by atoms with van der Waals surface area (Å²) in [6.07, 6.45) is -16.2.